The summed E-state index contributed by atoms with van der Waals surface area (Å²) in [6.45, 7) is 6.99. The lowest BCUT2D eigenvalue weighted by molar-refractivity contribution is 0.0772. The number of aromatic nitrogens is 1. The molecule has 18 heavy (non-hydrogen) atoms. The van der Waals surface area contributed by atoms with Crippen LogP contribution in [0.25, 0.3) is 0 Å². The Balaban J connectivity index is 1.94. The first-order chi connectivity index (χ1) is 8.68. The Labute approximate surface area is 122 Å². The molecular weight excluding hydrogens is 312 g/mol. The maximum Gasteiger partial charge on any atom is 0.0961 e. The Hall–Kier alpha value is -0.100. The van der Waals surface area contributed by atoms with Crippen LogP contribution in [-0.4, -0.2) is 36.5 Å². The van der Waals surface area contributed by atoms with E-state index in [1.54, 1.807) is 11.8 Å². The van der Waals surface area contributed by atoms with Gasteiger partial charge in [-0.1, -0.05) is 0 Å². The van der Waals surface area contributed by atoms with Crippen LogP contribution in [0.1, 0.15) is 20.3 Å². The van der Waals surface area contributed by atoms with E-state index in [1.165, 1.54) is 0 Å². The summed E-state index contributed by atoms with van der Waals surface area (Å²) >= 11 is 5.15. The molecule has 0 spiro atoms. The summed E-state index contributed by atoms with van der Waals surface area (Å²) in [5.74, 6) is 1.04. The molecule has 0 aliphatic rings. The third-order valence-electron chi connectivity index (χ3n) is 2.18. The molecule has 5 heteroatoms. The van der Waals surface area contributed by atoms with E-state index in [9.17, 15) is 0 Å². The van der Waals surface area contributed by atoms with Gasteiger partial charge in [0.15, 0.2) is 0 Å². The summed E-state index contributed by atoms with van der Waals surface area (Å²) in [6, 6.07) is 4.05. The van der Waals surface area contributed by atoms with Crippen LogP contribution >= 0.6 is 27.7 Å². The molecule has 0 fully saturated rings. The number of halogens is 1. The molecule has 0 saturated heterocycles. The molecule has 1 rings (SSSR count). The molecule has 0 aromatic carbocycles. The predicted molar refractivity (Wildman–Crippen MR) is 81.2 cm³/mol. The topological polar surface area (TPSA) is 34.1 Å². The first-order valence-electron chi connectivity index (χ1n) is 6.25. The normalized spacial score (nSPS) is 11.1. The predicted octanol–water partition coefficient (Wildman–Crippen LogP) is 3.34. The summed E-state index contributed by atoms with van der Waals surface area (Å²) < 4.78 is 6.49. The lowest BCUT2D eigenvalue weighted by Crippen LogP contribution is -2.20. The van der Waals surface area contributed by atoms with Gasteiger partial charge in [-0.15, -0.1) is 11.8 Å². The van der Waals surface area contributed by atoms with E-state index in [2.05, 4.69) is 40.1 Å². The second kappa shape index (κ2) is 9.78. The molecule has 0 bridgehead atoms. The molecule has 0 atom stereocenters. The van der Waals surface area contributed by atoms with E-state index in [1.807, 2.05) is 18.3 Å². The van der Waals surface area contributed by atoms with Gasteiger partial charge in [0.1, 0.15) is 0 Å². The fourth-order valence-corrected chi connectivity index (χ4v) is 2.30. The van der Waals surface area contributed by atoms with Crippen LogP contribution in [0.4, 0.5) is 0 Å². The van der Waals surface area contributed by atoms with Gasteiger partial charge < -0.3 is 10.1 Å². The van der Waals surface area contributed by atoms with Gasteiger partial charge in [0.05, 0.1) is 11.1 Å². The van der Waals surface area contributed by atoms with E-state index in [0.29, 0.717) is 6.10 Å². The van der Waals surface area contributed by atoms with E-state index in [0.717, 1.165) is 41.4 Å². The zero-order valence-corrected chi connectivity index (χ0v) is 13.4. The van der Waals surface area contributed by atoms with Crippen molar-refractivity contribution in [3.63, 3.8) is 0 Å². The zero-order valence-electron chi connectivity index (χ0n) is 11.0. The molecule has 1 aromatic rings. The molecule has 102 valence electrons. The molecule has 0 aliphatic carbocycles. The molecule has 1 N–H and O–H groups in total. The number of hydrogen-bond acceptors (Lipinski definition) is 4. The van der Waals surface area contributed by atoms with Gasteiger partial charge in [0.2, 0.25) is 0 Å². The lowest BCUT2D eigenvalue weighted by atomic mass is 10.4. The number of nitrogens with one attached hydrogen (secondary N) is 1. The fourth-order valence-electron chi connectivity index (χ4n) is 1.32. The van der Waals surface area contributed by atoms with Crippen molar-refractivity contribution < 1.29 is 4.74 Å². The molecule has 0 unspecified atom stereocenters. The maximum absolute atomic E-state index is 5.47. The number of rotatable bonds is 9. The number of pyridine rings is 1. The highest BCUT2D eigenvalue weighted by molar-refractivity contribution is 9.10. The summed E-state index contributed by atoms with van der Waals surface area (Å²) in [6.07, 6.45) is 3.24. The van der Waals surface area contributed by atoms with Gasteiger partial charge >= 0.3 is 0 Å². The standard InChI is InChI=1S/C13H21BrN2OS/c1-11(2)17-8-3-6-15-7-9-18-13-5-4-12(14)10-16-13/h4-5,10-11,15H,3,6-9H2,1-2H3. The Kier molecular flexibility index (Phi) is 8.67. The number of ether oxygens (including phenoxy) is 1. The number of hydrogen-bond donors (Lipinski definition) is 1. The fraction of sp³-hybridized carbons (Fsp3) is 0.615. The van der Waals surface area contributed by atoms with E-state index < -0.39 is 0 Å². The number of nitrogens with zero attached hydrogens (tertiary/aromatic N) is 1. The van der Waals surface area contributed by atoms with Crippen molar-refractivity contribution in [2.45, 2.75) is 31.4 Å². The molecule has 0 amide bonds. The quantitative estimate of drug-likeness (QED) is 0.555. The average molecular weight is 333 g/mol. The Morgan fingerprint density at radius 1 is 1.39 bits per heavy atom. The highest BCUT2D eigenvalue weighted by Gasteiger charge is 1.96. The molecule has 0 aliphatic heterocycles. The van der Waals surface area contributed by atoms with Crippen molar-refractivity contribution in [3.8, 4) is 0 Å². The van der Waals surface area contributed by atoms with Gasteiger partial charge in [-0.05, 0) is 54.9 Å². The van der Waals surface area contributed by atoms with Crippen LogP contribution in [0.15, 0.2) is 27.8 Å². The largest absolute Gasteiger partial charge is 0.379 e. The molecule has 0 radical (unpaired) electrons. The third-order valence-corrected chi connectivity index (χ3v) is 3.59. The molecule has 3 nitrogen and oxygen atoms in total. The van der Waals surface area contributed by atoms with Crippen LogP contribution in [0, 0.1) is 0 Å². The molecule has 1 aromatic heterocycles. The van der Waals surface area contributed by atoms with Gasteiger partial charge in [-0.3, -0.25) is 0 Å². The van der Waals surface area contributed by atoms with Crippen LogP contribution in [-0.2, 0) is 4.74 Å². The van der Waals surface area contributed by atoms with E-state index in [-0.39, 0.29) is 0 Å². The lowest BCUT2D eigenvalue weighted by Gasteiger charge is -2.08. The smallest absolute Gasteiger partial charge is 0.0961 e. The minimum absolute atomic E-state index is 0.337. The first-order valence-corrected chi connectivity index (χ1v) is 8.03. The average Bonchev–Trinajstić information content (AvgIpc) is 2.34. The monoisotopic (exact) mass is 332 g/mol. The zero-order chi connectivity index (χ0) is 13.2. The van der Waals surface area contributed by atoms with Crippen molar-refractivity contribution >= 4 is 27.7 Å². The minimum atomic E-state index is 0.337. The summed E-state index contributed by atoms with van der Waals surface area (Å²) in [4.78, 5) is 4.31. The molecular formula is C13H21BrN2OS. The maximum atomic E-state index is 5.47. The summed E-state index contributed by atoms with van der Waals surface area (Å²) in [7, 11) is 0. The van der Waals surface area contributed by atoms with Crippen molar-refractivity contribution in [3.05, 3.63) is 22.8 Å². The van der Waals surface area contributed by atoms with Gasteiger partial charge in [0.25, 0.3) is 0 Å². The highest BCUT2D eigenvalue weighted by Crippen LogP contribution is 2.16. The minimum Gasteiger partial charge on any atom is -0.379 e. The SMILES string of the molecule is CC(C)OCCCNCCSc1ccc(Br)cn1. The first kappa shape index (κ1) is 16.0. The third kappa shape index (κ3) is 8.08. The Morgan fingerprint density at radius 2 is 2.22 bits per heavy atom. The second-order valence-electron chi connectivity index (χ2n) is 4.19. The van der Waals surface area contributed by atoms with Crippen molar-refractivity contribution in [1.82, 2.24) is 10.3 Å². The van der Waals surface area contributed by atoms with Gasteiger partial charge in [-0.25, -0.2) is 4.98 Å². The van der Waals surface area contributed by atoms with Crippen LogP contribution < -0.4 is 5.32 Å². The second-order valence-corrected chi connectivity index (χ2v) is 6.22. The van der Waals surface area contributed by atoms with Crippen molar-refractivity contribution in [1.29, 1.82) is 0 Å². The summed E-state index contributed by atoms with van der Waals surface area (Å²) in [5, 5.41) is 4.48. The summed E-state index contributed by atoms with van der Waals surface area (Å²) in [5.41, 5.74) is 0. The Morgan fingerprint density at radius 3 is 2.89 bits per heavy atom. The Bertz CT molecular complexity index is 319. The molecule has 0 saturated carbocycles. The van der Waals surface area contributed by atoms with Gasteiger partial charge in [-0.2, -0.15) is 0 Å². The van der Waals surface area contributed by atoms with Crippen LogP contribution in [0.2, 0.25) is 0 Å². The van der Waals surface area contributed by atoms with Crippen LogP contribution in [0.5, 0.6) is 0 Å². The van der Waals surface area contributed by atoms with E-state index in [4.69, 9.17) is 4.74 Å². The highest BCUT2D eigenvalue weighted by atomic mass is 79.9. The van der Waals surface area contributed by atoms with E-state index >= 15 is 0 Å². The van der Waals surface area contributed by atoms with Gasteiger partial charge in [0, 0.05) is 29.6 Å². The van der Waals surface area contributed by atoms with Crippen molar-refractivity contribution in [2.75, 3.05) is 25.4 Å². The van der Waals surface area contributed by atoms with Crippen LogP contribution in [0.3, 0.4) is 0 Å². The number of thioether (sulfide) groups is 1. The van der Waals surface area contributed by atoms with Crippen molar-refractivity contribution in [2.24, 2.45) is 0 Å². The molecule has 1 heterocycles.